The number of ether oxygens (including phenoxy) is 1. The van der Waals surface area contributed by atoms with Gasteiger partial charge in [-0.05, 0) is 68.4 Å². The highest BCUT2D eigenvalue weighted by molar-refractivity contribution is 5.28. The van der Waals surface area contributed by atoms with Crippen molar-refractivity contribution in [2.75, 3.05) is 26.2 Å². The third-order valence-corrected chi connectivity index (χ3v) is 4.91. The lowest BCUT2D eigenvalue weighted by Gasteiger charge is -2.28. The molecule has 1 fully saturated rings. The normalized spacial score (nSPS) is 17.6. The van der Waals surface area contributed by atoms with Crippen LogP contribution in [0.4, 0.5) is 0 Å². The third kappa shape index (κ3) is 5.64. The molecule has 1 aromatic rings. The zero-order valence-corrected chi connectivity index (χ0v) is 14.7. The molecule has 0 bridgehead atoms. The number of hydrogen-bond donors (Lipinski definition) is 0. The van der Waals surface area contributed by atoms with Gasteiger partial charge in [0, 0.05) is 0 Å². The Morgan fingerprint density at radius 1 is 1.05 bits per heavy atom. The molecule has 0 radical (unpaired) electrons. The average Bonchev–Trinajstić information content (AvgIpc) is 2.56. The van der Waals surface area contributed by atoms with E-state index in [0.717, 1.165) is 12.4 Å². The van der Waals surface area contributed by atoms with E-state index >= 15 is 0 Å². The van der Waals surface area contributed by atoms with E-state index in [1.54, 1.807) is 0 Å². The van der Waals surface area contributed by atoms with Gasteiger partial charge in [0.1, 0.15) is 5.75 Å². The molecular weight excluding hydrogens is 270 g/mol. The predicted octanol–water partition coefficient (Wildman–Crippen LogP) is 5.09. The van der Waals surface area contributed by atoms with Gasteiger partial charge < -0.3 is 9.64 Å². The van der Waals surface area contributed by atoms with Crippen molar-refractivity contribution in [2.45, 2.75) is 58.8 Å². The smallest absolute Gasteiger partial charge is 0.119 e. The molecule has 1 aromatic carbocycles. The van der Waals surface area contributed by atoms with Crippen LogP contribution in [0.25, 0.3) is 0 Å². The molecule has 22 heavy (non-hydrogen) atoms. The Bertz CT molecular complexity index is 406. The Labute approximate surface area is 136 Å². The fourth-order valence-corrected chi connectivity index (χ4v) is 3.12. The van der Waals surface area contributed by atoms with Gasteiger partial charge >= 0.3 is 0 Å². The van der Waals surface area contributed by atoms with Crippen molar-refractivity contribution < 1.29 is 4.74 Å². The summed E-state index contributed by atoms with van der Waals surface area (Å²) in [7, 11) is 0. The first-order valence-electron chi connectivity index (χ1n) is 9.14. The largest absolute Gasteiger partial charge is 0.493 e. The Kier molecular flexibility index (Phi) is 7.24. The number of nitrogens with zero attached hydrogens (tertiary/aromatic N) is 1. The van der Waals surface area contributed by atoms with Gasteiger partial charge in [0.2, 0.25) is 0 Å². The van der Waals surface area contributed by atoms with Crippen LogP contribution >= 0.6 is 0 Å². The first-order valence-corrected chi connectivity index (χ1v) is 9.14. The summed E-state index contributed by atoms with van der Waals surface area (Å²) >= 11 is 0. The van der Waals surface area contributed by atoms with Crippen molar-refractivity contribution >= 4 is 0 Å². The predicted molar refractivity (Wildman–Crippen MR) is 94.7 cm³/mol. The van der Waals surface area contributed by atoms with Gasteiger partial charge in [-0.3, -0.25) is 0 Å². The van der Waals surface area contributed by atoms with Gasteiger partial charge in [0.05, 0.1) is 6.61 Å². The maximum atomic E-state index is 6.02. The lowest BCUT2D eigenvalue weighted by molar-refractivity contribution is 0.183. The molecule has 1 saturated heterocycles. The molecule has 0 aromatic heterocycles. The zero-order valence-electron chi connectivity index (χ0n) is 14.7. The maximum absolute atomic E-state index is 6.02. The minimum atomic E-state index is 0.585. The van der Waals surface area contributed by atoms with E-state index < -0.39 is 0 Å². The summed E-state index contributed by atoms with van der Waals surface area (Å²) in [6, 6.07) is 8.61. The fraction of sp³-hybridized carbons (Fsp3) is 0.700. The van der Waals surface area contributed by atoms with Crippen LogP contribution in [-0.2, 0) is 0 Å². The van der Waals surface area contributed by atoms with Crippen LogP contribution in [0.15, 0.2) is 24.3 Å². The molecule has 2 heteroatoms. The number of piperidine rings is 1. The Morgan fingerprint density at radius 2 is 1.73 bits per heavy atom. The summed E-state index contributed by atoms with van der Waals surface area (Å²) in [6.07, 6.45) is 6.66. The van der Waals surface area contributed by atoms with Crippen molar-refractivity contribution in [1.29, 1.82) is 0 Å². The van der Waals surface area contributed by atoms with Crippen LogP contribution in [0.2, 0.25) is 0 Å². The molecule has 1 unspecified atom stereocenters. The van der Waals surface area contributed by atoms with Crippen molar-refractivity contribution in [3.05, 3.63) is 29.8 Å². The molecule has 0 amide bonds. The molecule has 2 rings (SSSR count). The fourth-order valence-electron chi connectivity index (χ4n) is 3.12. The second kappa shape index (κ2) is 9.19. The molecule has 0 spiro atoms. The SMILES string of the molecule is CCC(CCN1CCCCC1)COc1ccc(C(C)C)cc1. The van der Waals surface area contributed by atoms with Gasteiger partial charge in [-0.15, -0.1) is 0 Å². The van der Waals surface area contributed by atoms with Crippen LogP contribution in [0.5, 0.6) is 5.75 Å². The van der Waals surface area contributed by atoms with E-state index in [2.05, 4.69) is 49.9 Å². The third-order valence-electron chi connectivity index (χ3n) is 4.91. The van der Waals surface area contributed by atoms with Crippen molar-refractivity contribution in [3.63, 3.8) is 0 Å². The van der Waals surface area contributed by atoms with Crippen LogP contribution in [0, 0.1) is 5.92 Å². The Hall–Kier alpha value is -1.02. The summed E-state index contributed by atoms with van der Waals surface area (Å²) in [5.41, 5.74) is 1.38. The average molecular weight is 303 g/mol. The number of likely N-dealkylation sites (tertiary alicyclic amines) is 1. The molecule has 0 saturated carbocycles. The van der Waals surface area contributed by atoms with Gasteiger partial charge in [-0.1, -0.05) is 45.7 Å². The van der Waals surface area contributed by atoms with Gasteiger partial charge in [-0.2, -0.15) is 0 Å². The lowest BCUT2D eigenvalue weighted by Crippen LogP contribution is -2.32. The number of benzene rings is 1. The first kappa shape index (κ1) is 17.3. The van der Waals surface area contributed by atoms with Crippen molar-refractivity contribution in [2.24, 2.45) is 5.92 Å². The molecular formula is C20H33NO. The van der Waals surface area contributed by atoms with E-state index in [-0.39, 0.29) is 0 Å². The van der Waals surface area contributed by atoms with E-state index in [9.17, 15) is 0 Å². The van der Waals surface area contributed by atoms with Gasteiger partial charge in [-0.25, -0.2) is 0 Å². The molecule has 0 N–H and O–H groups in total. The quantitative estimate of drug-likeness (QED) is 0.663. The van der Waals surface area contributed by atoms with E-state index in [1.807, 2.05) is 0 Å². The Balaban J connectivity index is 1.72. The van der Waals surface area contributed by atoms with E-state index in [1.165, 1.54) is 57.3 Å². The lowest BCUT2D eigenvalue weighted by atomic mass is 10.0. The second-order valence-electron chi connectivity index (χ2n) is 7.00. The maximum Gasteiger partial charge on any atom is 0.119 e. The van der Waals surface area contributed by atoms with Crippen molar-refractivity contribution in [1.82, 2.24) is 4.90 Å². The van der Waals surface area contributed by atoms with Crippen LogP contribution < -0.4 is 4.74 Å². The number of rotatable bonds is 8. The molecule has 0 aliphatic carbocycles. The summed E-state index contributed by atoms with van der Waals surface area (Å²) < 4.78 is 6.02. The Morgan fingerprint density at radius 3 is 2.32 bits per heavy atom. The highest BCUT2D eigenvalue weighted by Gasteiger charge is 2.13. The molecule has 1 aliphatic rings. The van der Waals surface area contributed by atoms with Crippen LogP contribution in [0.3, 0.4) is 0 Å². The first-order chi connectivity index (χ1) is 10.7. The topological polar surface area (TPSA) is 12.5 Å². The summed E-state index contributed by atoms with van der Waals surface area (Å²) in [5, 5.41) is 0. The molecule has 124 valence electrons. The van der Waals surface area contributed by atoms with Crippen LogP contribution in [0.1, 0.15) is 64.4 Å². The minimum Gasteiger partial charge on any atom is -0.493 e. The zero-order chi connectivity index (χ0) is 15.8. The highest BCUT2D eigenvalue weighted by atomic mass is 16.5. The summed E-state index contributed by atoms with van der Waals surface area (Å²) in [5.74, 6) is 2.27. The molecule has 1 atom stereocenters. The molecule has 2 nitrogen and oxygen atoms in total. The van der Waals surface area contributed by atoms with E-state index in [4.69, 9.17) is 4.74 Å². The summed E-state index contributed by atoms with van der Waals surface area (Å²) in [4.78, 5) is 2.63. The van der Waals surface area contributed by atoms with Crippen LogP contribution in [-0.4, -0.2) is 31.1 Å². The summed E-state index contributed by atoms with van der Waals surface area (Å²) in [6.45, 7) is 11.4. The highest BCUT2D eigenvalue weighted by Crippen LogP contribution is 2.20. The minimum absolute atomic E-state index is 0.585. The van der Waals surface area contributed by atoms with E-state index in [0.29, 0.717) is 11.8 Å². The van der Waals surface area contributed by atoms with Gasteiger partial charge in [0.15, 0.2) is 0 Å². The van der Waals surface area contributed by atoms with Gasteiger partial charge in [0.25, 0.3) is 0 Å². The number of hydrogen-bond acceptors (Lipinski definition) is 2. The molecule has 1 aliphatic heterocycles. The monoisotopic (exact) mass is 303 g/mol. The molecule has 1 heterocycles. The van der Waals surface area contributed by atoms with Crippen molar-refractivity contribution in [3.8, 4) is 5.75 Å². The second-order valence-corrected chi connectivity index (χ2v) is 7.00. The standard InChI is InChI=1S/C20H33NO/c1-4-18(12-15-21-13-6-5-7-14-21)16-22-20-10-8-19(9-11-20)17(2)3/h8-11,17-18H,4-7,12-16H2,1-3H3.